The molecule has 0 atom stereocenters. The summed E-state index contributed by atoms with van der Waals surface area (Å²) in [7, 11) is 0. The summed E-state index contributed by atoms with van der Waals surface area (Å²) in [5.74, 6) is -0.174. The maximum absolute atomic E-state index is 12.1. The normalized spacial score (nSPS) is 18.3. The summed E-state index contributed by atoms with van der Waals surface area (Å²) in [6, 6.07) is 2.87. The molecule has 6 heteroatoms. The van der Waals surface area contributed by atoms with Crippen molar-refractivity contribution in [3.05, 3.63) is 34.2 Å². The van der Waals surface area contributed by atoms with Gasteiger partial charge < -0.3 is 15.0 Å². The first-order valence-electron chi connectivity index (χ1n) is 5.80. The molecule has 1 aliphatic heterocycles. The third-order valence-corrected chi connectivity index (χ3v) is 4.20. The molecule has 2 N–H and O–H groups in total. The Morgan fingerprint density at radius 3 is 2.72 bits per heavy atom. The predicted octanol–water partition coefficient (Wildman–Crippen LogP) is 1.05. The average molecular weight is 315 g/mol. The van der Waals surface area contributed by atoms with Crippen LogP contribution in [0.4, 0.5) is 0 Å². The smallest absolute Gasteiger partial charge is 0.253 e. The van der Waals surface area contributed by atoms with Crippen LogP contribution >= 0.6 is 15.9 Å². The molecule has 0 spiro atoms. The first-order valence-corrected chi connectivity index (χ1v) is 6.92. The van der Waals surface area contributed by atoms with E-state index in [1.54, 1.807) is 0 Å². The van der Waals surface area contributed by atoms with E-state index in [0.29, 0.717) is 24.1 Å². The van der Waals surface area contributed by atoms with Crippen LogP contribution in [0.25, 0.3) is 0 Å². The number of halogens is 1. The Bertz CT molecular complexity index is 460. The summed E-state index contributed by atoms with van der Waals surface area (Å²) >= 11 is 3.45. The van der Waals surface area contributed by atoms with Gasteiger partial charge in [-0.05, 0) is 18.9 Å². The molecule has 0 aromatic carbocycles. The zero-order chi connectivity index (χ0) is 13.0. The van der Waals surface area contributed by atoms with Gasteiger partial charge in [-0.3, -0.25) is 9.59 Å². The van der Waals surface area contributed by atoms with Gasteiger partial charge in [0.25, 0.3) is 5.91 Å². The largest absolute Gasteiger partial charge is 0.381 e. The molecule has 1 aromatic heterocycles. The standard InChI is InChI=1S/C12H15BrN2O3/c13-8-12(3-5-18-6-4-12)15-11(17)9-1-2-10(16)14-7-9/h1-2,7H,3-6,8H2,(H,14,16)(H,15,17). The molecule has 1 aromatic rings. The molecular formula is C12H15BrN2O3. The van der Waals surface area contributed by atoms with Crippen molar-refractivity contribution in [2.75, 3.05) is 18.5 Å². The fourth-order valence-corrected chi connectivity index (χ4v) is 2.62. The van der Waals surface area contributed by atoms with E-state index in [9.17, 15) is 9.59 Å². The molecule has 0 saturated carbocycles. The summed E-state index contributed by atoms with van der Waals surface area (Å²) in [4.78, 5) is 25.5. The van der Waals surface area contributed by atoms with Gasteiger partial charge in [0, 0.05) is 30.8 Å². The lowest BCUT2D eigenvalue weighted by Gasteiger charge is -2.36. The minimum atomic E-state index is -0.258. The number of pyridine rings is 1. The fourth-order valence-electron chi connectivity index (χ4n) is 1.92. The van der Waals surface area contributed by atoms with Gasteiger partial charge >= 0.3 is 0 Å². The summed E-state index contributed by atoms with van der Waals surface area (Å²) in [5.41, 5.74) is -0.0138. The van der Waals surface area contributed by atoms with Gasteiger partial charge in [-0.25, -0.2) is 0 Å². The second-order valence-electron chi connectivity index (χ2n) is 4.42. The van der Waals surface area contributed by atoms with Gasteiger partial charge in [-0.1, -0.05) is 15.9 Å². The molecule has 98 valence electrons. The van der Waals surface area contributed by atoms with Crippen LogP contribution in [0.15, 0.2) is 23.1 Å². The highest BCUT2D eigenvalue weighted by atomic mass is 79.9. The Kier molecular flexibility index (Phi) is 4.19. The lowest BCUT2D eigenvalue weighted by atomic mass is 9.92. The van der Waals surface area contributed by atoms with Crippen molar-refractivity contribution in [2.45, 2.75) is 18.4 Å². The third kappa shape index (κ3) is 3.00. The maximum Gasteiger partial charge on any atom is 0.253 e. The van der Waals surface area contributed by atoms with Gasteiger partial charge in [0.2, 0.25) is 5.56 Å². The SMILES string of the molecule is O=C(NC1(CBr)CCOCC1)c1ccc(=O)[nH]c1. The molecule has 1 saturated heterocycles. The van der Waals surface area contributed by atoms with Crippen molar-refractivity contribution in [1.82, 2.24) is 10.3 Å². The zero-order valence-electron chi connectivity index (χ0n) is 9.87. The molecule has 1 fully saturated rings. The second-order valence-corrected chi connectivity index (χ2v) is 4.98. The Morgan fingerprint density at radius 2 is 2.17 bits per heavy atom. The molecule has 0 radical (unpaired) electrons. The van der Waals surface area contributed by atoms with Gasteiger partial charge in [-0.2, -0.15) is 0 Å². The lowest BCUT2D eigenvalue weighted by Crippen LogP contribution is -2.53. The van der Waals surface area contributed by atoms with Crippen molar-refractivity contribution < 1.29 is 9.53 Å². The molecule has 1 amide bonds. The van der Waals surface area contributed by atoms with Crippen LogP contribution in [0.1, 0.15) is 23.2 Å². The van der Waals surface area contributed by atoms with E-state index < -0.39 is 0 Å². The highest BCUT2D eigenvalue weighted by Crippen LogP contribution is 2.23. The summed E-state index contributed by atoms with van der Waals surface area (Å²) < 4.78 is 5.31. The van der Waals surface area contributed by atoms with E-state index in [4.69, 9.17) is 4.74 Å². The number of alkyl halides is 1. The minimum Gasteiger partial charge on any atom is -0.381 e. The van der Waals surface area contributed by atoms with E-state index >= 15 is 0 Å². The second kappa shape index (κ2) is 5.67. The van der Waals surface area contributed by atoms with Gasteiger partial charge in [0.15, 0.2) is 0 Å². The number of carbonyl (C=O) groups excluding carboxylic acids is 1. The average Bonchev–Trinajstić information content (AvgIpc) is 2.40. The number of amides is 1. The highest BCUT2D eigenvalue weighted by Gasteiger charge is 2.33. The molecule has 1 aliphatic rings. The van der Waals surface area contributed by atoms with Crippen LogP contribution in [-0.4, -0.2) is 35.0 Å². The molecule has 2 heterocycles. The topological polar surface area (TPSA) is 71.2 Å². The van der Waals surface area contributed by atoms with Gasteiger partial charge in [0.05, 0.1) is 11.1 Å². The first kappa shape index (κ1) is 13.3. The number of hydrogen-bond acceptors (Lipinski definition) is 3. The fraction of sp³-hybridized carbons (Fsp3) is 0.500. The van der Waals surface area contributed by atoms with E-state index in [0.717, 1.165) is 12.8 Å². The lowest BCUT2D eigenvalue weighted by molar-refractivity contribution is 0.0442. The first-order chi connectivity index (χ1) is 8.65. The molecule has 5 nitrogen and oxygen atoms in total. The molecule has 2 rings (SSSR count). The van der Waals surface area contributed by atoms with E-state index in [-0.39, 0.29) is 17.0 Å². The van der Waals surface area contributed by atoms with E-state index in [2.05, 4.69) is 26.2 Å². The molecule has 0 bridgehead atoms. The van der Waals surface area contributed by atoms with Crippen LogP contribution in [0.3, 0.4) is 0 Å². The van der Waals surface area contributed by atoms with E-state index in [1.807, 2.05) is 0 Å². The van der Waals surface area contributed by atoms with Crippen molar-refractivity contribution in [3.8, 4) is 0 Å². The highest BCUT2D eigenvalue weighted by molar-refractivity contribution is 9.09. The summed E-state index contributed by atoms with van der Waals surface area (Å²) in [5, 5.41) is 3.72. The number of aromatic amines is 1. The summed E-state index contributed by atoms with van der Waals surface area (Å²) in [6.45, 7) is 1.30. The minimum absolute atomic E-state index is 0.174. The Hall–Kier alpha value is -1.14. The summed E-state index contributed by atoms with van der Waals surface area (Å²) in [6.07, 6.45) is 3.00. The van der Waals surface area contributed by atoms with Gasteiger partial charge in [-0.15, -0.1) is 0 Å². The Morgan fingerprint density at radius 1 is 1.44 bits per heavy atom. The predicted molar refractivity (Wildman–Crippen MR) is 71.1 cm³/mol. The van der Waals surface area contributed by atoms with Crippen LogP contribution in [0.5, 0.6) is 0 Å². The number of ether oxygens (including phenoxy) is 1. The maximum atomic E-state index is 12.1. The monoisotopic (exact) mass is 314 g/mol. The zero-order valence-corrected chi connectivity index (χ0v) is 11.5. The number of aromatic nitrogens is 1. The number of rotatable bonds is 3. The number of carbonyl (C=O) groups is 1. The van der Waals surface area contributed by atoms with Crippen LogP contribution in [0.2, 0.25) is 0 Å². The van der Waals surface area contributed by atoms with Crippen LogP contribution in [-0.2, 0) is 4.74 Å². The van der Waals surface area contributed by atoms with Crippen LogP contribution in [0, 0.1) is 0 Å². The van der Waals surface area contributed by atoms with Gasteiger partial charge in [0.1, 0.15) is 0 Å². The number of hydrogen-bond donors (Lipinski definition) is 2. The van der Waals surface area contributed by atoms with Crippen molar-refractivity contribution >= 4 is 21.8 Å². The third-order valence-electron chi connectivity index (χ3n) is 3.13. The molecule has 18 heavy (non-hydrogen) atoms. The molecular weight excluding hydrogens is 300 g/mol. The van der Waals surface area contributed by atoms with Crippen molar-refractivity contribution in [3.63, 3.8) is 0 Å². The van der Waals surface area contributed by atoms with Crippen LogP contribution < -0.4 is 10.9 Å². The Balaban J connectivity index is 2.09. The molecule has 0 aliphatic carbocycles. The number of nitrogens with one attached hydrogen (secondary N) is 2. The Labute approximate surface area is 113 Å². The van der Waals surface area contributed by atoms with Crippen molar-refractivity contribution in [1.29, 1.82) is 0 Å². The van der Waals surface area contributed by atoms with Crippen molar-refractivity contribution in [2.24, 2.45) is 0 Å². The molecule has 0 unspecified atom stereocenters. The van der Waals surface area contributed by atoms with E-state index in [1.165, 1.54) is 18.3 Å². The quantitative estimate of drug-likeness (QED) is 0.819. The number of H-pyrrole nitrogens is 1.